The Kier molecular flexibility index (Phi) is 14.9. The van der Waals surface area contributed by atoms with Crippen molar-refractivity contribution < 1.29 is 4.74 Å². The third-order valence-corrected chi connectivity index (χ3v) is 8.86. The van der Waals surface area contributed by atoms with Crippen molar-refractivity contribution in [3.05, 3.63) is 130 Å². The zero-order chi connectivity index (χ0) is 32.9. The molecule has 0 unspecified atom stereocenters. The lowest BCUT2D eigenvalue weighted by Crippen LogP contribution is -2.30. The van der Waals surface area contributed by atoms with Crippen LogP contribution < -0.4 is 0 Å². The summed E-state index contributed by atoms with van der Waals surface area (Å²) in [5.74, 6) is 0.776. The second-order valence-corrected chi connectivity index (χ2v) is 14.6. The minimum Gasteiger partial charge on any atom is -0.378 e. The van der Waals surface area contributed by atoms with Crippen LogP contribution in [0.5, 0.6) is 0 Å². The summed E-state index contributed by atoms with van der Waals surface area (Å²) in [5, 5.41) is 0. The maximum atomic E-state index is 5.94. The van der Waals surface area contributed by atoms with E-state index in [4.69, 9.17) is 4.74 Å². The first-order valence-electron chi connectivity index (χ1n) is 16.7. The molecule has 44 heavy (non-hydrogen) atoms. The average Bonchev–Trinajstić information content (AvgIpc) is 2.89. The lowest BCUT2D eigenvalue weighted by molar-refractivity contribution is 0.0307. The normalized spacial score (nSPS) is 24.5. The lowest BCUT2D eigenvalue weighted by atomic mass is 9.69. The van der Waals surface area contributed by atoms with Crippen LogP contribution in [-0.4, -0.2) is 12.7 Å². The van der Waals surface area contributed by atoms with E-state index in [0.717, 1.165) is 25.4 Å². The molecule has 0 aromatic heterocycles. The van der Waals surface area contributed by atoms with Crippen LogP contribution in [-0.2, 0) is 4.74 Å². The monoisotopic (exact) mass is 594 g/mol. The van der Waals surface area contributed by atoms with Crippen LogP contribution in [0.3, 0.4) is 0 Å². The summed E-state index contributed by atoms with van der Waals surface area (Å²) in [6.07, 6.45) is 35.6. The summed E-state index contributed by atoms with van der Waals surface area (Å²) in [4.78, 5) is 0. The summed E-state index contributed by atoms with van der Waals surface area (Å²) in [5.41, 5.74) is 11.3. The third-order valence-electron chi connectivity index (χ3n) is 8.86. The lowest BCUT2D eigenvalue weighted by Gasteiger charge is -2.37. The van der Waals surface area contributed by atoms with Crippen LogP contribution in [0.25, 0.3) is 0 Å². The first-order chi connectivity index (χ1) is 20.6. The molecule has 2 atom stereocenters. The summed E-state index contributed by atoms with van der Waals surface area (Å²) in [6.45, 7) is 27.9. The van der Waals surface area contributed by atoms with Crippen LogP contribution in [0.2, 0.25) is 0 Å². The minimum atomic E-state index is 0.137. The van der Waals surface area contributed by atoms with E-state index in [1.165, 1.54) is 51.9 Å². The van der Waals surface area contributed by atoms with Crippen molar-refractivity contribution >= 4 is 0 Å². The molecule has 0 spiro atoms. The summed E-state index contributed by atoms with van der Waals surface area (Å²) >= 11 is 0. The molecule has 0 saturated heterocycles. The average molecular weight is 595 g/mol. The highest BCUT2D eigenvalue weighted by Gasteiger charge is 2.33. The fourth-order valence-corrected chi connectivity index (χ4v) is 6.90. The van der Waals surface area contributed by atoms with Gasteiger partial charge in [-0.15, -0.1) is 0 Å². The van der Waals surface area contributed by atoms with Gasteiger partial charge in [0.25, 0.3) is 0 Å². The molecule has 0 heterocycles. The van der Waals surface area contributed by atoms with Crippen molar-refractivity contribution in [3.63, 3.8) is 0 Å². The molecule has 0 aromatic rings. The van der Waals surface area contributed by atoms with Crippen molar-refractivity contribution in [2.24, 2.45) is 16.7 Å². The first-order valence-corrected chi connectivity index (χ1v) is 16.7. The van der Waals surface area contributed by atoms with E-state index in [-0.39, 0.29) is 10.8 Å². The van der Waals surface area contributed by atoms with Gasteiger partial charge in [0.2, 0.25) is 0 Å². The Morgan fingerprint density at radius 1 is 0.636 bits per heavy atom. The molecule has 2 aliphatic carbocycles. The number of allylic oxidation sites excluding steroid dienone is 21. The number of rotatable bonds is 12. The topological polar surface area (TPSA) is 9.23 Å². The van der Waals surface area contributed by atoms with Gasteiger partial charge in [-0.2, -0.15) is 0 Å². The molecule has 240 valence electrons. The van der Waals surface area contributed by atoms with Gasteiger partial charge in [0.05, 0.1) is 6.10 Å². The zero-order valence-electron chi connectivity index (χ0n) is 30.2. The quantitative estimate of drug-likeness (QED) is 0.204. The van der Waals surface area contributed by atoms with Gasteiger partial charge in [0, 0.05) is 6.61 Å². The molecule has 0 N–H and O–H groups in total. The van der Waals surface area contributed by atoms with Crippen LogP contribution in [0.15, 0.2) is 130 Å². The molecule has 0 radical (unpaired) electrons. The number of hydrogen-bond acceptors (Lipinski definition) is 1. The highest BCUT2D eigenvalue weighted by Crippen LogP contribution is 2.44. The summed E-state index contributed by atoms with van der Waals surface area (Å²) in [7, 11) is 0. The molecule has 0 fully saturated rings. The highest BCUT2D eigenvalue weighted by atomic mass is 16.5. The Bertz CT molecular complexity index is 1320. The predicted molar refractivity (Wildman–Crippen MR) is 197 cm³/mol. The van der Waals surface area contributed by atoms with Crippen molar-refractivity contribution in [2.45, 2.75) is 115 Å². The largest absolute Gasteiger partial charge is 0.378 e. The van der Waals surface area contributed by atoms with Crippen molar-refractivity contribution in [2.75, 3.05) is 6.61 Å². The standard InChI is InChI=1S/C43H62O/c1-13-44-39-29-38(8)41(43(11,12)31-39)27-25-35(5)23-17-21-33(3)19-15-14-18-32(2)20-16-22-34(4)24-26-40-37(7)28-36(6)30-42(40,9)10/h14-27,36,39H,13,28-31H2,1-12H3/b15-14+,20-16+,21-17+,26-24+,27-25+,32-18+,33-19+,34-22+,35-23+/t36-,39-/m1/s1. The highest BCUT2D eigenvalue weighted by molar-refractivity contribution is 5.39. The third kappa shape index (κ3) is 12.6. The molecule has 2 rings (SSSR count). The van der Waals surface area contributed by atoms with Gasteiger partial charge in [-0.05, 0) is 102 Å². The van der Waals surface area contributed by atoms with Crippen molar-refractivity contribution in [1.29, 1.82) is 0 Å². The Morgan fingerprint density at radius 3 is 1.48 bits per heavy atom. The molecule has 1 nitrogen and oxygen atoms in total. The molecule has 0 bridgehead atoms. The van der Waals surface area contributed by atoms with Crippen molar-refractivity contribution in [3.8, 4) is 0 Å². The van der Waals surface area contributed by atoms with E-state index in [9.17, 15) is 0 Å². The van der Waals surface area contributed by atoms with Crippen molar-refractivity contribution in [1.82, 2.24) is 0 Å². The van der Waals surface area contributed by atoms with E-state index in [1.807, 2.05) is 0 Å². The molecule has 0 saturated carbocycles. The Hall–Kier alpha value is -2.90. The van der Waals surface area contributed by atoms with Gasteiger partial charge < -0.3 is 4.74 Å². The van der Waals surface area contributed by atoms with Gasteiger partial charge in [0.1, 0.15) is 0 Å². The maximum Gasteiger partial charge on any atom is 0.0620 e. The van der Waals surface area contributed by atoms with Crippen LogP contribution >= 0.6 is 0 Å². The SMILES string of the molecule is CCO[C@@H]1CC(C)=C(/C=C/C(C)=C/C=C/C(C)=C/C=C/C=C(C)/C=C/C=C(C)/C=C/C2=C(C)C[C@@H](C)CC2(C)C)C(C)(C)C1. The van der Waals surface area contributed by atoms with Gasteiger partial charge >= 0.3 is 0 Å². The predicted octanol–water partition coefficient (Wildman–Crippen LogP) is 12.9. The summed E-state index contributed by atoms with van der Waals surface area (Å²) < 4.78 is 5.94. The zero-order valence-corrected chi connectivity index (χ0v) is 30.2. The second kappa shape index (κ2) is 17.6. The van der Waals surface area contributed by atoms with E-state index in [2.05, 4.69) is 168 Å². The number of ether oxygens (including phenoxy) is 1. The van der Waals surface area contributed by atoms with Gasteiger partial charge in [0.15, 0.2) is 0 Å². The maximum absolute atomic E-state index is 5.94. The first kappa shape index (κ1) is 37.3. The number of hydrogen-bond donors (Lipinski definition) is 0. The molecule has 2 aliphatic rings. The molecule has 1 heteroatoms. The fraction of sp³-hybridized carbons (Fsp3) is 0.488. The molecular formula is C43H62O. The van der Waals surface area contributed by atoms with Gasteiger partial charge in [-0.1, -0.05) is 153 Å². The van der Waals surface area contributed by atoms with E-state index < -0.39 is 0 Å². The minimum absolute atomic E-state index is 0.137. The Labute approximate surface area is 272 Å². The van der Waals surface area contributed by atoms with E-state index in [1.54, 1.807) is 5.57 Å². The smallest absolute Gasteiger partial charge is 0.0620 e. The summed E-state index contributed by atoms with van der Waals surface area (Å²) in [6, 6.07) is 0. The van der Waals surface area contributed by atoms with Gasteiger partial charge in [-0.3, -0.25) is 0 Å². The van der Waals surface area contributed by atoms with Crippen LogP contribution in [0, 0.1) is 16.7 Å². The molecule has 0 aromatic carbocycles. The molecular weight excluding hydrogens is 532 g/mol. The van der Waals surface area contributed by atoms with Crippen LogP contribution in [0.4, 0.5) is 0 Å². The van der Waals surface area contributed by atoms with E-state index in [0.29, 0.717) is 6.10 Å². The second-order valence-electron chi connectivity index (χ2n) is 14.6. The molecule has 0 amide bonds. The molecule has 0 aliphatic heterocycles. The Balaban J connectivity index is 1.91. The van der Waals surface area contributed by atoms with Gasteiger partial charge in [-0.25, -0.2) is 0 Å². The van der Waals surface area contributed by atoms with E-state index >= 15 is 0 Å². The van der Waals surface area contributed by atoms with Crippen LogP contribution in [0.1, 0.15) is 109 Å². The fourth-order valence-electron chi connectivity index (χ4n) is 6.90. The Morgan fingerprint density at radius 2 is 1.05 bits per heavy atom.